The van der Waals surface area contributed by atoms with Gasteiger partial charge >= 0.3 is 5.97 Å². The topological polar surface area (TPSA) is 87.1 Å². The molecule has 0 unspecified atom stereocenters. The van der Waals surface area contributed by atoms with Gasteiger partial charge in [-0.1, -0.05) is 0 Å². The molecular weight excluding hydrogens is 308 g/mol. The van der Waals surface area contributed by atoms with Crippen molar-refractivity contribution >= 4 is 5.97 Å². The van der Waals surface area contributed by atoms with E-state index in [1.54, 1.807) is 25.4 Å². The Morgan fingerprint density at radius 3 is 2.21 bits per heavy atom. The zero-order chi connectivity index (χ0) is 16.9. The van der Waals surface area contributed by atoms with Gasteiger partial charge in [0.1, 0.15) is 17.1 Å². The van der Waals surface area contributed by atoms with E-state index in [9.17, 15) is 4.79 Å². The molecule has 3 aromatic rings. The molecule has 0 atom stereocenters. The van der Waals surface area contributed by atoms with E-state index in [1.165, 1.54) is 13.3 Å². The van der Waals surface area contributed by atoms with Crippen LogP contribution >= 0.6 is 0 Å². The summed E-state index contributed by atoms with van der Waals surface area (Å²) in [6.45, 7) is 0. The predicted molar refractivity (Wildman–Crippen MR) is 86.4 cm³/mol. The molecule has 0 spiro atoms. The van der Waals surface area contributed by atoms with Crippen molar-refractivity contribution in [2.24, 2.45) is 0 Å². The van der Waals surface area contributed by atoms with Crippen LogP contribution in [0, 0.1) is 0 Å². The van der Waals surface area contributed by atoms with Gasteiger partial charge in [-0.05, 0) is 36.4 Å². The Hall–Kier alpha value is -3.35. The molecule has 24 heavy (non-hydrogen) atoms. The average molecular weight is 322 g/mol. The van der Waals surface area contributed by atoms with Crippen LogP contribution in [0.3, 0.4) is 0 Å². The summed E-state index contributed by atoms with van der Waals surface area (Å²) >= 11 is 0. The van der Waals surface area contributed by atoms with Crippen molar-refractivity contribution in [2.75, 3.05) is 14.2 Å². The van der Waals surface area contributed by atoms with Crippen molar-refractivity contribution in [1.82, 2.24) is 20.2 Å². The van der Waals surface area contributed by atoms with Gasteiger partial charge in [-0.3, -0.25) is 4.98 Å². The first kappa shape index (κ1) is 15.5. The van der Waals surface area contributed by atoms with Crippen molar-refractivity contribution in [3.8, 4) is 28.5 Å². The number of methoxy groups -OCH3 is 2. The van der Waals surface area contributed by atoms with E-state index in [0.717, 1.165) is 11.3 Å². The highest BCUT2D eigenvalue weighted by Crippen LogP contribution is 2.20. The molecular formula is C17H14N4O3. The third-order valence-electron chi connectivity index (χ3n) is 3.36. The van der Waals surface area contributed by atoms with Crippen LogP contribution in [0.4, 0.5) is 0 Å². The molecule has 0 aliphatic heterocycles. The summed E-state index contributed by atoms with van der Waals surface area (Å²) in [5, 5.41) is 8.26. The first-order chi connectivity index (χ1) is 11.7. The lowest BCUT2D eigenvalue weighted by Gasteiger charge is -2.04. The quantitative estimate of drug-likeness (QED) is 0.681. The molecule has 7 heteroatoms. The van der Waals surface area contributed by atoms with Crippen molar-refractivity contribution < 1.29 is 14.3 Å². The molecule has 0 N–H and O–H groups in total. The molecule has 0 radical (unpaired) electrons. The van der Waals surface area contributed by atoms with Crippen LogP contribution in [0.2, 0.25) is 0 Å². The molecule has 3 rings (SSSR count). The first-order valence-electron chi connectivity index (χ1n) is 7.10. The number of benzene rings is 1. The number of aromatic nitrogens is 4. The van der Waals surface area contributed by atoms with E-state index in [4.69, 9.17) is 4.74 Å². The molecule has 0 aliphatic carbocycles. The lowest BCUT2D eigenvalue weighted by molar-refractivity contribution is 0.0600. The first-order valence-corrected chi connectivity index (χ1v) is 7.10. The number of carbonyl (C=O) groups excluding carboxylic acids is 1. The van der Waals surface area contributed by atoms with Crippen LogP contribution < -0.4 is 4.74 Å². The molecule has 0 aliphatic rings. The van der Waals surface area contributed by atoms with Crippen LogP contribution in [0.25, 0.3) is 22.8 Å². The highest BCUT2D eigenvalue weighted by atomic mass is 16.5. The highest BCUT2D eigenvalue weighted by molar-refractivity contribution is 5.89. The van der Waals surface area contributed by atoms with Crippen LogP contribution in [0.1, 0.15) is 10.4 Å². The second kappa shape index (κ2) is 6.82. The van der Waals surface area contributed by atoms with Gasteiger partial charge in [0.2, 0.25) is 0 Å². The fourth-order valence-electron chi connectivity index (χ4n) is 2.05. The Labute approximate surface area is 138 Å². The minimum Gasteiger partial charge on any atom is -0.497 e. The molecule has 7 nitrogen and oxygen atoms in total. The lowest BCUT2D eigenvalue weighted by atomic mass is 10.1. The van der Waals surface area contributed by atoms with Crippen molar-refractivity contribution in [3.63, 3.8) is 0 Å². The molecule has 0 fully saturated rings. The summed E-state index contributed by atoms with van der Waals surface area (Å²) < 4.78 is 9.76. The number of pyridine rings is 1. The Bertz CT molecular complexity index is 831. The number of rotatable bonds is 4. The number of carbonyl (C=O) groups is 1. The summed E-state index contributed by atoms with van der Waals surface area (Å²) in [4.78, 5) is 19.8. The van der Waals surface area contributed by atoms with Crippen molar-refractivity contribution in [2.45, 2.75) is 0 Å². The monoisotopic (exact) mass is 322 g/mol. The Kier molecular flexibility index (Phi) is 4.42. The summed E-state index contributed by atoms with van der Waals surface area (Å²) in [6, 6.07) is 10.7. The molecule has 2 heterocycles. The number of hydrogen-bond acceptors (Lipinski definition) is 7. The Morgan fingerprint density at radius 2 is 1.67 bits per heavy atom. The summed E-state index contributed by atoms with van der Waals surface area (Å²) in [7, 11) is 2.94. The molecule has 1 aromatic carbocycles. The molecule has 0 saturated heterocycles. The van der Waals surface area contributed by atoms with Gasteiger partial charge in [-0.2, -0.15) is 0 Å². The fraction of sp³-hybridized carbons (Fsp3) is 0.118. The van der Waals surface area contributed by atoms with Gasteiger partial charge in [-0.25, -0.2) is 9.78 Å². The maximum atomic E-state index is 11.4. The SMILES string of the molecule is COC(=O)c1ccc(-c2ncc(-c3ccc(OC)cc3)nn2)nc1. The van der Waals surface area contributed by atoms with E-state index in [2.05, 4.69) is 24.9 Å². The molecule has 0 bridgehead atoms. The minimum absolute atomic E-state index is 0.365. The van der Waals surface area contributed by atoms with Crippen LogP contribution in [0.5, 0.6) is 5.75 Å². The predicted octanol–water partition coefficient (Wildman–Crippen LogP) is 2.40. The summed E-state index contributed by atoms with van der Waals surface area (Å²) in [6.07, 6.45) is 3.04. The largest absolute Gasteiger partial charge is 0.497 e. The average Bonchev–Trinajstić information content (AvgIpc) is 2.68. The van der Waals surface area contributed by atoms with Gasteiger partial charge in [0.25, 0.3) is 0 Å². The maximum absolute atomic E-state index is 11.4. The van der Waals surface area contributed by atoms with Gasteiger partial charge < -0.3 is 9.47 Å². The highest BCUT2D eigenvalue weighted by Gasteiger charge is 2.09. The molecule has 0 saturated carbocycles. The lowest BCUT2D eigenvalue weighted by Crippen LogP contribution is -2.02. The van der Waals surface area contributed by atoms with Gasteiger partial charge in [-0.15, -0.1) is 10.2 Å². The van der Waals surface area contributed by atoms with E-state index in [0.29, 0.717) is 22.8 Å². The zero-order valence-electron chi connectivity index (χ0n) is 13.1. The van der Waals surface area contributed by atoms with E-state index < -0.39 is 5.97 Å². The Morgan fingerprint density at radius 1 is 0.875 bits per heavy atom. The van der Waals surface area contributed by atoms with Crippen molar-refractivity contribution in [3.05, 3.63) is 54.4 Å². The molecule has 0 amide bonds. The fourth-order valence-corrected chi connectivity index (χ4v) is 2.05. The van der Waals surface area contributed by atoms with E-state index >= 15 is 0 Å². The molecule has 120 valence electrons. The smallest absolute Gasteiger partial charge is 0.339 e. The number of ether oxygens (including phenoxy) is 2. The number of esters is 1. The van der Waals surface area contributed by atoms with Crippen molar-refractivity contribution in [1.29, 1.82) is 0 Å². The van der Waals surface area contributed by atoms with Crippen LogP contribution in [-0.2, 0) is 4.74 Å². The van der Waals surface area contributed by atoms with E-state index in [-0.39, 0.29) is 0 Å². The summed E-state index contributed by atoms with van der Waals surface area (Å²) in [5.74, 6) is 0.706. The Balaban J connectivity index is 1.82. The number of nitrogens with zero attached hydrogens (tertiary/aromatic N) is 4. The minimum atomic E-state index is -0.442. The third-order valence-corrected chi connectivity index (χ3v) is 3.36. The third kappa shape index (κ3) is 3.19. The van der Waals surface area contributed by atoms with Gasteiger partial charge in [0, 0.05) is 11.8 Å². The standard InChI is InChI=1S/C17H14N4O3/c1-23-13-6-3-11(4-7-13)15-10-19-16(21-20-15)14-8-5-12(9-18-14)17(22)24-2/h3-10H,1-2H3. The summed E-state index contributed by atoms with van der Waals surface area (Å²) in [5.41, 5.74) is 2.42. The number of hydrogen-bond donors (Lipinski definition) is 0. The maximum Gasteiger partial charge on any atom is 0.339 e. The van der Waals surface area contributed by atoms with Gasteiger partial charge in [0.15, 0.2) is 5.82 Å². The van der Waals surface area contributed by atoms with Gasteiger partial charge in [0.05, 0.1) is 26.0 Å². The second-order valence-corrected chi connectivity index (χ2v) is 4.82. The van der Waals surface area contributed by atoms with Crippen LogP contribution in [-0.4, -0.2) is 40.4 Å². The van der Waals surface area contributed by atoms with E-state index in [1.807, 2.05) is 24.3 Å². The normalized spacial score (nSPS) is 10.2. The van der Waals surface area contributed by atoms with Crippen LogP contribution in [0.15, 0.2) is 48.8 Å². The molecule has 2 aromatic heterocycles. The zero-order valence-corrected chi connectivity index (χ0v) is 13.1. The second-order valence-electron chi connectivity index (χ2n) is 4.82.